The third-order valence-electron chi connectivity index (χ3n) is 4.01. The van der Waals surface area contributed by atoms with Gasteiger partial charge in [0, 0.05) is 27.2 Å². The van der Waals surface area contributed by atoms with E-state index in [1.807, 2.05) is 37.3 Å². The van der Waals surface area contributed by atoms with Gasteiger partial charge in [-0.2, -0.15) is 5.26 Å². The van der Waals surface area contributed by atoms with Crippen LogP contribution in [-0.4, -0.2) is 18.0 Å². The van der Waals surface area contributed by atoms with Crippen LogP contribution in [0, 0.1) is 18.3 Å². The molecule has 0 aliphatic rings. The number of fused-ring (bicyclic) bond motifs is 1. The van der Waals surface area contributed by atoms with E-state index in [0.717, 1.165) is 22.2 Å². The zero-order valence-corrected chi connectivity index (χ0v) is 15.0. The van der Waals surface area contributed by atoms with Gasteiger partial charge in [0.25, 0.3) is 5.91 Å². The molecule has 5 nitrogen and oxygen atoms in total. The van der Waals surface area contributed by atoms with Gasteiger partial charge >= 0.3 is 0 Å². The fraction of sp³-hybridized carbons (Fsp3) is 0.100. The Morgan fingerprint density at radius 1 is 1.31 bits per heavy atom. The fourth-order valence-electron chi connectivity index (χ4n) is 2.74. The summed E-state index contributed by atoms with van der Waals surface area (Å²) in [5.74, 6) is -0.0685. The van der Waals surface area contributed by atoms with Crippen LogP contribution < -0.4 is 10.1 Å². The first-order chi connectivity index (χ1) is 12.5. The number of H-pyrrole nitrogens is 1. The Morgan fingerprint density at radius 2 is 2.08 bits per heavy atom. The van der Waals surface area contributed by atoms with Crippen molar-refractivity contribution in [3.63, 3.8) is 0 Å². The highest BCUT2D eigenvalue weighted by Gasteiger charge is 2.15. The van der Waals surface area contributed by atoms with Gasteiger partial charge in [-0.05, 0) is 37.3 Å². The number of hydrogen-bond donors (Lipinski definition) is 2. The number of nitrogens with one attached hydrogen (secondary N) is 2. The number of anilines is 1. The van der Waals surface area contributed by atoms with E-state index in [4.69, 9.17) is 16.3 Å². The Morgan fingerprint density at radius 3 is 2.81 bits per heavy atom. The minimum absolute atomic E-state index is 0.0140. The lowest BCUT2D eigenvalue weighted by Crippen LogP contribution is -2.14. The molecule has 3 rings (SSSR count). The summed E-state index contributed by atoms with van der Waals surface area (Å²) >= 11 is 5.98. The molecule has 0 atom stereocenters. The molecule has 0 radical (unpaired) electrons. The van der Waals surface area contributed by atoms with Gasteiger partial charge in [0.2, 0.25) is 0 Å². The molecule has 0 unspecified atom stereocenters. The first kappa shape index (κ1) is 17.6. The van der Waals surface area contributed by atoms with E-state index < -0.39 is 5.91 Å². The number of amides is 1. The lowest BCUT2D eigenvalue weighted by Gasteiger charge is -2.10. The van der Waals surface area contributed by atoms with Crippen molar-refractivity contribution >= 4 is 40.2 Å². The van der Waals surface area contributed by atoms with Gasteiger partial charge in [-0.3, -0.25) is 4.79 Å². The predicted molar refractivity (Wildman–Crippen MR) is 103 cm³/mol. The van der Waals surface area contributed by atoms with Crippen molar-refractivity contribution in [1.82, 2.24) is 4.98 Å². The molecule has 26 heavy (non-hydrogen) atoms. The number of para-hydroxylation sites is 1. The van der Waals surface area contributed by atoms with Crippen molar-refractivity contribution in [1.29, 1.82) is 5.26 Å². The number of halogens is 1. The number of benzene rings is 2. The lowest BCUT2D eigenvalue weighted by molar-refractivity contribution is -0.112. The molecule has 0 spiro atoms. The quantitative estimate of drug-likeness (QED) is 0.520. The molecule has 0 aliphatic carbocycles. The Kier molecular flexibility index (Phi) is 4.97. The molecule has 1 aromatic heterocycles. The highest BCUT2D eigenvalue weighted by Crippen LogP contribution is 2.29. The van der Waals surface area contributed by atoms with Crippen molar-refractivity contribution in [2.45, 2.75) is 6.92 Å². The second-order valence-electron chi connectivity index (χ2n) is 5.68. The van der Waals surface area contributed by atoms with Gasteiger partial charge in [-0.25, -0.2) is 0 Å². The van der Waals surface area contributed by atoms with Crippen LogP contribution in [0.25, 0.3) is 17.0 Å². The summed E-state index contributed by atoms with van der Waals surface area (Å²) in [5, 5.41) is 13.6. The highest BCUT2D eigenvalue weighted by molar-refractivity contribution is 6.31. The van der Waals surface area contributed by atoms with E-state index in [1.165, 1.54) is 7.11 Å². The number of carbonyl (C=O) groups is 1. The smallest absolute Gasteiger partial charge is 0.266 e. The van der Waals surface area contributed by atoms with Crippen LogP contribution in [0.5, 0.6) is 5.75 Å². The molecule has 2 N–H and O–H groups in total. The van der Waals surface area contributed by atoms with Gasteiger partial charge in [0.1, 0.15) is 17.4 Å². The van der Waals surface area contributed by atoms with Crippen LogP contribution in [0.2, 0.25) is 5.02 Å². The molecule has 0 saturated carbocycles. The molecular weight excluding hydrogens is 350 g/mol. The van der Waals surface area contributed by atoms with Crippen LogP contribution in [0.15, 0.2) is 48.0 Å². The summed E-state index contributed by atoms with van der Waals surface area (Å²) in [4.78, 5) is 15.8. The summed E-state index contributed by atoms with van der Waals surface area (Å²) in [7, 11) is 1.50. The zero-order chi connectivity index (χ0) is 18.7. The molecule has 0 saturated heterocycles. The summed E-state index contributed by atoms with van der Waals surface area (Å²) in [6.45, 7) is 1.90. The first-order valence-corrected chi connectivity index (χ1v) is 8.25. The van der Waals surface area contributed by atoms with Gasteiger partial charge < -0.3 is 15.0 Å². The average Bonchev–Trinajstić information content (AvgIpc) is 2.95. The number of carbonyl (C=O) groups excluding carboxylic acids is 1. The van der Waals surface area contributed by atoms with Crippen molar-refractivity contribution in [3.05, 3.63) is 64.3 Å². The standard InChI is InChI=1S/C20H16ClN3O2/c1-12-16(15-5-3-4-6-17(15)23-12)9-13(11-22)20(25)24-18-10-14(21)7-8-19(18)26-2/h3-10,23H,1-2H3,(H,24,25). The predicted octanol–water partition coefficient (Wildman–Crippen LogP) is 4.68. The summed E-state index contributed by atoms with van der Waals surface area (Å²) < 4.78 is 5.22. The number of hydrogen-bond acceptors (Lipinski definition) is 3. The zero-order valence-electron chi connectivity index (χ0n) is 14.3. The third-order valence-corrected chi connectivity index (χ3v) is 4.24. The fourth-order valence-corrected chi connectivity index (χ4v) is 2.92. The Labute approximate surface area is 155 Å². The number of aromatic amines is 1. The average molecular weight is 366 g/mol. The minimum atomic E-state index is -0.530. The Bertz CT molecular complexity index is 1060. The molecule has 1 amide bonds. The van der Waals surface area contributed by atoms with E-state index in [2.05, 4.69) is 10.3 Å². The highest BCUT2D eigenvalue weighted by atomic mass is 35.5. The van der Waals surface area contributed by atoms with Crippen molar-refractivity contribution in [2.24, 2.45) is 0 Å². The number of methoxy groups -OCH3 is 1. The Balaban J connectivity index is 1.97. The third kappa shape index (κ3) is 3.41. The molecule has 3 aromatic rings. The SMILES string of the molecule is COc1ccc(Cl)cc1NC(=O)C(C#N)=Cc1c(C)[nH]c2ccccc12. The summed E-state index contributed by atoms with van der Waals surface area (Å²) in [6.07, 6.45) is 1.58. The van der Waals surface area contributed by atoms with Crippen LogP contribution >= 0.6 is 11.6 Å². The van der Waals surface area contributed by atoms with E-state index in [1.54, 1.807) is 24.3 Å². The maximum Gasteiger partial charge on any atom is 0.266 e. The second kappa shape index (κ2) is 7.34. The van der Waals surface area contributed by atoms with Crippen molar-refractivity contribution in [3.8, 4) is 11.8 Å². The molecule has 130 valence electrons. The van der Waals surface area contributed by atoms with Gasteiger partial charge in [0.05, 0.1) is 12.8 Å². The molecule has 0 fully saturated rings. The molecule has 6 heteroatoms. The minimum Gasteiger partial charge on any atom is -0.495 e. The van der Waals surface area contributed by atoms with Crippen LogP contribution in [0.4, 0.5) is 5.69 Å². The van der Waals surface area contributed by atoms with E-state index >= 15 is 0 Å². The number of aromatic nitrogens is 1. The maximum atomic E-state index is 12.6. The van der Waals surface area contributed by atoms with Crippen molar-refractivity contribution in [2.75, 3.05) is 12.4 Å². The van der Waals surface area contributed by atoms with Gasteiger partial charge in [0.15, 0.2) is 0 Å². The number of ether oxygens (including phenoxy) is 1. The normalized spacial score (nSPS) is 11.2. The van der Waals surface area contributed by atoms with E-state index in [0.29, 0.717) is 16.5 Å². The van der Waals surface area contributed by atoms with Crippen molar-refractivity contribution < 1.29 is 9.53 Å². The van der Waals surface area contributed by atoms with Crippen LogP contribution in [0.3, 0.4) is 0 Å². The molecule has 0 bridgehead atoms. The van der Waals surface area contributed by atoms with Crippen LogP contribution in [0.1, 0.15) is 11.3 Å². The number of aryl methyl sites for hydroxylation is 1. The first-order valence-electron chi connectivity index (χ1n) is 7.87. The number of nitrogens with zero attached hydrogens (tertiary/aromatic N) is 1. The summed E-state index contributed by atoms with van der Waals surface area (Å²) in [6, 6.07) is 14.6. The largest absolute Gasteiger partial charge is 0.495 e. The number of rotatable bonds is 4. The molecule has 0 aliphatic heterocycles. The monoisotopic (exact) mass is 365 g/mol. The maximum absolute atomic E-state index is 12.6. The van der Waals surface area contributed by atoms with Gasteiger partial charge in [-0.15, -0.1) is 0 Å². The number of nitriles is 1. The molecule has 1 heterocycles. The topological polar surface area (TPSA) is 77.9 Å². The van der Waals surface area contributed by atoms with E-state index in [9.17, 15) is 10.1 Å². The van der Waals surface area contributed by atoms with Crippen LogP contribution in [-0.2, 0) is 4.79 Å². The van der Waals surface area contributed by atoms with E-state index in [-0.39, 0.29) is 5.57 Å². The lowest BCUT2D eigenvalue weighted by atomic mass is 10.1. The van der Waals surface area contributed by atoms with Gasteiger partial charge in [-0.1, -0.05) is 29.8 Å². The Hall–Kier alpha value is -3.23. The molecular formula is C20H16ClN3O2. The molecule has 2 aromatic carbocycles. The summed E-state index contributed by atoms with van der Waals surface area (Å²) in [5.41, 5.74) is 3.03. The second-order valence-corrected chi connectivity index (χ2v) is 6.11.